The van der Waals surface area contributed by atoms with Crippen LogP contribution in [0, 0.1) is 5.92 Å². The normalized spacial score (nSPS) is 15.3. The highest BCUT2D eigenvalue weighted by Crippen LogP contribution is 2.23. The molecule has 1 aromatic carbocycles. The lowest BCUT2D eigenvalue weighted by atomic mass is 9.99. The summed E-state index contributed by atoms with van der Waals surface area (Å²) < 4.78 is 5.34. The molecule has 0 bridgehead atoms. The van der Waals surface area contributed by atoms with Crippen LogP contribution in [0.25, 0.3) is 0 Å². The van der Waals surface area contributed by atoms with Gasteiger partial charge in [0.25, 0.3) is 0 Å². The molecule has 148 valence electrons. The summed E-state index contributed by atoms with van der Waals surface area (Å²) in [6.07, 6.45) is 5.14. The standard InChI is InChI=1S/C21H30N4O.HI/c1-17-10-13-25(14-11-17)19-7-5-18(6-8-19)16-24-21(22-2)23-12-9-20-4-3-15-26-20;/h3-8,15,17H,9-14,16H2,1-2H3,(H2,22,23,24);1H. The van der Waals surface area contributed by atoms with Crippen molar-refractivity contribution < 1.29 is 4.42 Å². The van der Waals surface area contributed by atoms with Crippen LogP contribution < -0.4 is 15.5 Å². The number of guanidine groups is 1. The molecule has 0 saturated carbocycles. The van der Waals surface area contributed by atoms with E-state index in [1.165, 1.54) is 37.2 Å². The van der Waals surface area contributed by atoms with Gasteiger partial charge in [-0.25, -0.2) is 0 Å². The third kappa shape index (κ3) is 6.75. The van der Waals surface area contributed by atoms with Gasteiger partial charge in [-0.15, -0.1) is 24.0 Å². The summed E-state index contributed by atoms with van der Waals surface area (Å²) in [5.74, 6) is 2.66. The summed E-state index contributed by atoms with van der Waals surface area (Å²) in [6, 6.07) is 12.8. The van der Waals surface area contributed by atoms with Gasteiger partial charge in [-0.3, -0.25) is 4.99 Å². The summed E-state index contributed by atoms with van der Waals surface area (Å²) >= 11 is 0. The second kappa shape index (κ2) is 11.2. The molecule has 0 aliphatic carbocycles. The molecule has 0 unspecified atom stereocenters. The maximum atomic E-state index is 5.34. The number of anilines is 1. The number of piperidine rings is 1. The van der Waals surface area contributed by atoms with E-state index in [1.807, 2.05) is 12.1 Å². The molecule has 3 rings (SSSR count). The Morgan fingerprint density at radius 3 is 2.52 bits per heavy atom. The van der Waals surface area contributed by atoms with Gasteiger partial charge in [0.2, 0.25) is 0 Å². The minimum atomic E-state index is 0. The minimum Gasteiger partial charge on any atom is -0.469 e. The van der Waals surface area contributed by atoms with Crippen LogP contribution in [0.3, 0.4) is 0 Å². The number of hydrogen-bond donors (Lipinski definition) is 2. The molecule has 1 aliphatic rings. The van der Waals surface area contributed by atoms with E-state index in [9.17, 15) is 0 Å². The van der Waals surface area contributed by atoms with Crippen LogP contribution in [-0.4, -0.2) is 32.6 Å². The van der Waals surface area contributed by atoms with Crippen molar-refractivity contribution in [2.75, 3.05) is 31.6 Å². The van der Waals surface area contributed by atoms with Crippen molar-refractivity contribution >= 4 is 35.6 Å². The van der Waals surface area contributed by atoms with Crippen molar-refractivity contribution in [2.24, 2.45) is 10.9 Å². The Balaban J connectivity index is 0.00000261. The Bertz CT molecular complexity index is 677. The predicted molar refractivity (Wildman–Crippen MR) is 123 cm³/mol. The van der Waals surface area contributed by atoms with Crippen LogP contribution in [0.4, 0.5) is 5.69 Å². The van der Waals surface area contributed by atoms with E-state index in [-0.39, 0.29) is 24.0 Å². The molecule has 1 aromatic heterocycles. The largest absolute Gasteiger partial charge is 0.469 e. The molecular formula is C21H31IN4O. The van der Waals surface area contributed by atoms with Gasteiger partial charge >= 0.3 is 0 Å². The molecule has 1 saturated heterocycles. The summed E-state index contributed by atoms with van der Waals surface area (Å²) in [7, 11) is 1.79. The smallest absolute Gasteiger partial charge is 0.191 e. The first-order valence-electron chi connectivity index (χ1n) is 9.55. The lowest BCUT2D eigenvalue weighted by molar-refractivity contribution is 0.438. The Hall–Kier alpha value is -1.70. The minimum absolute atomic E-state index is 0. The molecule has 5 nitrogen and oxygen atoms in total. The number of nitrogens with one attached hydrogen (secondary N) is 2. The van der Waals surface area contributed by atoms with E-state index in [0.717, 1.165) is 37.1 Å². The van der Waals surface area contributed by atoms with Gasteiger partial charge in [0.1, 0.15) is 5.76 Å². The molecule has 0 atom stereocenters. The topological polar surface area (TPSA) is 52.8 Å². The number of halogens is 1. The second-order valence-electron chi connectivity index (χ2n) is 7.02. The first-order chi connectivity index (χ1) is 12.7. The molecule has 0 radical (unpaired) electrons. The van der Waals surface area contributed by atoms with Crippen molar-refractivity contribution in [3.05, 3.63) is 54.0 Å². The van der Waals surface area contributed by atoms with E-state index < -0.39 is 0 Å². The van der Waals surface area contributed by atoms with Crippen LogP contribution in [0.1, 0.15) is 31.1 Å². The predicted octanol–water partition coefficient (Wildman–Crippen LogP) is 4.04. The highest BCUT2D eigenvalue weighted by Gasteiger charge is 2.15. The summed E-state index contributed by atoms with van der Waals surface area (Å²) in [5.41, 5.74) is 2.59. The van der Waals surface area contributed by atoms with Crippen LogP contribution in [-0.2, 0) is 13.0 Å². The Morgan fingerprint density at radius 1 is 1.15 bits per heavy atom. The van der Waals surface area contributed by atoms with Crippen LogP contribution in [0.2, 0.25) is 0 Å². The van der Waals surface area contributed by atoms with Gasteiger partial charge in [-0.1, -0.05) is 19.1 Å². The van der Waals surface area contributed by atoms with E-state index in [2.05, 4.69) is 51.7 Å². The SMILES string of the molecule is CN=C(NCCc1ccco1)NCc1ccc(N2CCC(C)CC2)cc1.I. The summed E-state index contributed by atoms with van der Waals surface area (Å²) in [5, 5.41) is 6.68. The van der Waals surface area contributed by atoms with Crippen molar-refractivity contribution in [3.8, 4) is 0 Å². The number of hydrogen-bond acceptors (Lipinski definition) is 3. The summed E-state index contributed by atoms with van der Waals surface area (Å²) in [4.78, 5) is 6.77. The third-order valence-electron chi connectivity index (χ3n) is 5.01. The number of benzene rings is 1. The van der Waals surface area contributed by atoms with Gasteiger partial charge in [-0.2, -0.15) is 0 Å². The van der Waals surface area contributed by atoms with Gasteiger partial charge < -0.3 is 20.0 Å². The number of rotatable bonds is 6. The first-order valence-corrected chi connectivity index (χ1v) is 9.55. The molecule has 2 heterocycles. The Labute approximate surface area is 179 Å². The molecule has 1 fully saturated rings. The maximum absolute atomic E-state index is 5.34. The Kier molecular flexibility index (Phi) is 8.97. The number of aliphatic imine (C=N–C) groups is 1. The second-order valence-corrected chi connectivity index (χ2v) is 7.02. The van der Waals surface area contributed by atoms with Gasteiger partial charge in [0, 0.05) is 45.3 Å². The molecule has 27 heavy (non-hydrogen) atoms. The molecule has 2 aromatic rings. The maximum Gasteiger partial charge on any atom is 0.191 e. The fourth-order valence-electron chi connectivity index (χ4n) is 3.26. The zero-order chi connectivity index (χ0) is 18.2. The van der Waals surface area contributed by atoms with E-state index >= 15 is 0 Å². The fourth-order valence-corrected chi connectivity index (χ4v) is 3.26. The molecule has 2 N–H and O–H groups in total. The van der Waals surface area contributed by atoms with Gasteiger partial charge in [0.05, 0.1) is 6.26 Å². The highest BCUT2D eigenvalue weighted by atomic mass is 127. The molecular weight excluding hydrogens is 451 g/mol. The molecule has 0 amide bonds. The zero-order valence-electron chi connectivity index (χ0n) is 16.3. The molecule has 1 aliphatic heterocycles. The van der Waals surface area contributed by atoms with Crippen molar-refractivity contribution in [3.63, 3.8) is 0 Å². The van der Waals surface area contributed by atoms with Crippen LogP contribution >= 0.6 is 24.0 Å². The molecule has 6 heteroatoms. The quantitative estimate of drug-likeness (QED) is 0.371. The fraction of sp³-hybridized carbons (Fsp3) is 0.476. The average Bonchev–Trinajstić information content (AvgIpc) is 3.19. The van der Waals surface area contributed by atoms with Crippen molar-refractivity contribution in [2.45, 2.75) is 32.7 Å². The molecule has 0 spiro atoms. The lowest BCUT2D eigenvalue weighted by Gasteiger charge is -2.32. The summed E-state index contributed by atoms with van der Waals surface area (Å²) in [6.45, 7) is 6.24. The Morgan fingerprint density at radius 2 is 1.89 bits per heavy atom. The zero-order valence-corrected chi connectivity index (χ0v) is 18.6. The van der Waals surface area contributed by atoms with Crippen LogP contribution in [0.15, 0.2) is 52.1 Å². The lowest BCUT2D eigenvalue weighted by Crippen LogP contribution is -2.37. The van der Waals surface area contributed by atoms with Gasteiger partial charge in [-0.05, 0) is 48.6 Å². The van der Waals surface area contributed by atoms with E-state index in [1.54, 1.807) is 13.3 Å². The average molecular weight is 482 g/mol. The monoisotopic (exact) mass is 482 g/mol. The third-order valence-corrected chi connectivity index (χ3v) is 5.01. The first kappa shape index (κ1) is 21.6. The highest BCUT2D eigenvalue weighted by molar-refractivity contribution is 14.0. The van der Waals surface area contributed by atoms with Gasteiger partial charge in [0.15, 0.2) is 5.96 Å². The van der Waals surface area contributed by atoms with E-state index in [0.29, 0.717) is 0 Å². The van der Waals surface area contributed by atoms with Crippen molar-refractivity contribution in [1.29, 1.82) is 0 Å². The number of furan rings is 1. The van der Waals surface area contributed by atoms with E-state index in [4.69, 9.17) is 4.42 Å². The number of nitrogens with zero attached hydrogens (tertiary/aromatic N) is 2. The van der Waals surface area contributed by atoms with Crippen LogP contribution in [0.5, 0.6) is 0 Å². The van der Waals surface area contributed by atoms with Crippen molar-refractivity contribution in [1.82, 2.24) is 10.6 Å².